The SMILES string of the molecule is Cc1ccccc1C(=O)NNC(=O)c1ccccc1C(=O)c1cccs1. The molecule has 0 radical (unpaired) electrons. The summed E-state index contributed by atoms with van der Waals surface area (Å²) in [6, 6.07) is 17.1. The van der Waals surface area contributed by atoms with Gasteiger partial charge in [-0.2, -0.15) is 0 Å². The van der Waals surface area contributed by atoms with Crippen molar-refractivity contribution in [2.75, 3.05) is 0 Å². The Labute approximate surface area is 154 Å². The Bertz CT molecular complexity index is 965. The summed E-state index contributed by atoms with van der Waals surface area (Å²) in [4.78, 5) is 37.8. The van der Waals surface area contributed by atoms with Crippen molar-refractivity contribution in [2.24, 2.45) is 0 Å². The van der Waals surface area contributed by atoms with Crippen molar-refractivity contribution in [3.05, 3.63) is 93.2 Å². The van der Waals surface area contributed by atoms with Gasteiger partial charge in [0, 0.05) is 11.1 Å². The van der Waals surface area contributed by atoms with Gasteiger partial charge < -0.3 is 0 Å². The third-order valence-corrected chi connectivity index (χ3v) is 4.71. The van der Waals surface area contributed by atoms with Crippen molar-refractivity contribution < 1.29 is 14.4 Å². The van der Waals surface area contributed by atoms with Crippen LogP contribution in [0.4, 0.5) is 0 Å². The van der Waals surface area contributed by atoms with Gasteiger partial charge in [-0.1, -0.05) is 42.5 Å². The molecule has 2 amide bonds. The Morgan fingerprint density at radius 3 is 1.92 bits per heavy atom. The van der Waals surface area contributed by atoms with E-state index >= 15 is 0 Å². The van der Waals surface area contributed by atoms with Crippen LogP contribution in [0, 0.1) is 6.92 Å². The maximum absolute atomic E-state index is 12.6. The fraction of sp³-hybridized carbons (Fsp3) is 0.0500. The van der Waals surface area contributed by atoms with E-state index in [-0.39, 0.29) is 16.9 Å². The first kappa shape index (κ1) is 17.6. The molecule has 0 unspecified atom stereocenters. The third-order valence-electron chi connectivity index (χ3n) is 3.84. The van der Waals surface area contributed by atoms with Crippen molar-refractivity contribution in [1.29, 1.82) is 0 Å². The van der Waals surface area contributed by atoms with E-state index in [4.69, 9.17) is 0 Å². The summed E-state index contributed by atoms with van der Waals surface area (Å²) in [5, 5.41) is 1.80. The summed E-state index contributed by atoms with van der Waals surface area (Å²) in [5.74, 6) is -1.19. The molecule has 0 aliphatic carbocycles. The van der Waals surface area contributed by atoms with Crippen LogP contribution < -0.4 is 10.9 Å². The summed E-state index contributed by atoms with van der Waals surface area (Å²) in [6.45, 7) is 1.81. The lowest BCUT2D eigenvalue weighted by Gasteiger charge is -2.11. The monoisotopic (exact) mass is 364 g/mol. The zero-order chi connectivity index (χ0) is 18.5. The Morgan fingerprint density at radius 2 is 1.31 bits per heavy atom. The fourth-order valence-corrected chi connectivity index (χ4v) is 3.17. The Balaban J connectivity index is 1.76. The van der Waals surface area contributed by atoms with Gasteiger partial charge in [0.15, 0.2) is 0 Å². The second kappa shape index (κ2) is 7.76. The van der Waals surface area contributed by atoms with E-state index in [0.717, 1.165) is 5.56 Å². The van der Waals surface area contributed by atoms with Crippen LogP contribution in [0.25, 0.3) is 0 Å². The van der Waals surface area contributed by atoms with Gasteiger partial charge in [0.2, 0.25) is 5.78 Å². The van der Waals surface area contributed by atoms with Crippen LogP contribution in [-0.2, 0) is 0 Å². The zero-order valence-corrected chi connectivity index (χ0v) is 14.8. The maximum atomic E-state index is 12.6. The molecule has 2 aromatic carbocycles. The highest BCUT2D eigenvalue weighted by Gasteiger charge is 2.19. The highest BCUT2D eigenvalue weighted by atomic mass is 32.1. The lowest BCUT2D eigenvalue weighted by Crippen LogP contribution is -2.42. The minimum Gasteiger partial charge on any atom is -0.288 e. The number of aryl methyl sites for hydroxylation is 1. The molecular formula is C20H16N2O3S. The van der Waals surface area contributed by atoms with E-state index in [1.165, 1.54) is 11.3 Å². The first-order valence-electron chi connectivity index (χ1n) is 7.91. The Kier molecular flexibility index (Phi) is 5.24. The Hall–Kier alpha value is -3.25. The summed E-state index contributed by atoms with van der Waals surface area (Å²) < 4.78 is 0. The summed E-state index contributed by atoms with van der Waals surface area (Å²) in [6.07, 6.45) is 0. The van der Waals surface area contributed by atoms with Crippen LogP contribution in [0.15, 0.2) is 66.0 Å². The molecule has 130 valence electrons. The van der Waals surface area contributed by atoms with E-state index < -0.39 is 11.8 Å². The maximum Gasteiger partial charge on any atom is 0.270 e. The Morgan fingerprint density at radius 1 is 0.731 bits per heavy atom. The number of nitrogens with one attached hydrogen (secondary N) is 2. The van der Waals surface area contributed by atoms with E-state index in [0.29, 0.717) is 10.4 Å². The smallest absolute Gasteiger partial charge is 0.270 e. The first-order chi connectivity index (χ1) is 12.6. The predicted octanol–water partition coefficient (Wildman–Crippen LogP) is 3.36. The van der Waals surface area contributed by atoms with Crippen molar-refractivity contribution in [3.8, 4) is 0 Å². The number of benzene rings is 2. The van der Waals surface area contributed by atoms with Crippen LogP contribution in [-0.4, -0.2) is 17.6 Å². The number of thiophene rings is 1. The molecule has 2 N–H and O–H groups in total. The van der Waals surface area contributed by atoms with Crippen LogP contribution >= 0.6 is 11.3 Å². The average Bonchev–Trinajstić information content (AvgIpc) is 3.20. The average molecular weight is 364 g/mol. The molecule has 0 fully saturated rings. The standard InChI is InChI=1S/C20H16N2O3S/c1-13-7-2-3-8-14(13)19(24)21-22-20(25)16-10-5-4-9-15(16)18(23)17-11-6-12-26-17/h2-12H,1H3,(H,21,24)(H,22,25). The molecule has 1 heterocycles. The van der Waals surface area contributed by atoms with Gasteiger partial charge in [-0.05, 0) is 36.1 Å². The molecule has 5 nitrogen and oxygen atoms in total. The second-order valence-electron chi connectivity index (χ2n) is 5.58. The molecule has 26 heavy (non-hydrogen) atoms. The number of ketones is 1. The molecule has 0 bridgehead atoms. The molecule has 0 atom stereocenters. The minimum absolute atomic E-state index is 0.205. The van der Waals surface area contributed by atoms with Gasteiger partial charge >= 0.3 is 0 Å². The third kappa shape index (κ3) is 3.70. The number of hydrogen-bond donors (Lipinski definition) is 2. The second-order valence-corrected chi connectivity index (χ2v) is 6.52. The molecule has 0 saturated carbocycles. The molecule has 6 heteroatoms. The van der Waals surface area contributed by atoms with Crippen molar-refractivity contribution in [2.45, 2.75) is 6.92 Å². The molecule has 0 spiro atoms. The van der Waals surface area contributed by atoms with Crippen molar-refractivity contribution in [1.82, 2.24) is 10.9 Å². The van der Waals surface area contributed by atoms with Crippen LogP contribution in [0.5, 0.6) is 0 Å². The predicted molar refractivity (Wildman–Crippen MR) is 100 cm³/mol. The van der Waals surface area contributed by atoms with Gasteiger partial charge in [-0.25, -0.2) is 0 Å². The van der Waals surface area contributed by atoms with Gasteiger partial charge in [0.25, 0.3) is 11.8 Å². The van der Waals surface area contributed by atoms with E-state index in [2.05, 4.69) is 10.9 Å². The van der Waals surface area contributed by atoms with Crippen LogP contribution in [0.1, 0.15) is 41.5 Å². The van der Waals surface area contributed by atoms with Gasteiger partial charge in [0.1, 0.15) is 0 Å². The van der Waals surface area contributed by atoms with E-state index in [9.17, 15) is 14.4 Å². The number of hydrogen-bond acceptors (Lipinski definition) is 4. The lowest BCUT2D eigenvalue weighted by atomic mass is 10.0. The highest BCUT2D eigenvalue weighted by molar-refractivity contribution is 7.12. The minimum atomic E-state index is -0.549. The molecule has 0 aliphatic heterocycles. The molecular weight excluding hydrogens is 348 g/mol. The summed E-state index contributed by atoms with van der Waals surface area (Å²) >= 11 is 1.31. The van der Waals surface area contributed by atoms with Gasteiger partial charge in [-0.3, -0.25) is 25.2 Å². The molecule has 0 aliphatic rings. The molecule has 3 rings (SSSR count). The van der Waals surface area contributed by atoms with E-state index in [1.807, 2.05) is 19.1 Å². The van der Waals surface area contributed by atoms with Gasteiger partial charge in [0.05, 0.1) is 10.4 Å². The largest absolute Gasteiger partial charge is 0.288 e. The van der Waals surface area contributed by atoms with Crippen molar-refractivity contribution >= 4 is 28.9 Å². The first-order valence-corrected chi connectivity index (χ1v) is 8.79. The topological polar surface area (TPSA) is 75.3 Å². The summed E-state index contributed by atoms with van der Waals surface area (Å²) in [5.41, 5.74) is 6.53. The number of rotatable bonds is 4. The number of amides is 2. The quantitative estimate of drug-likeness (QED) is 0.551. The molecule has 3 aromatic rings. The zero-order valence-electron chi connectivity index (χ0n) is 14.0. The van der Waals surface area contributed by atoms with Crippen molar-refractivity contribution in [3.63, 3.8) is 0 Å². The van der Waals surface area contributed by atoms with Gasteiger partial charge in [-0.15, -0.1) is 11.3 Å². The normalized spacial score (nSPS) is 10.2. The highest BCUT2D eigenvalue weighted by Crippen LogP contribution is 2.18. The summed E-state index contributed by atoms with van der Waals surface area (Å²) in [7, 11) is 0. The fourth-order valence-electron chi connectivity index (χ4n) is 2.50. The lowest BCUT2D eigenvalue weighted by molar-refractivity contribution is 0.0844. The number of carbonyl (C=O) groups is 3. The number of carbonyl (C=O) groups excluding carboxylic acids is 3. The van der Waals surface area contributed by atoms with Crippen LogP contribution in [0.3, 0.4) is 0 Å². The molecule has 1 aromatic heterocycles. The van der Waals surface area contributed by atoms with E-state index in [1.54, 1.807) is 53.9 Å². The van der Waals surface area contributed by atoms with Crippen LogP contribution in [0.2, 0.25) is 0 Å². The number of hydrazine groups is 1. The molecule has 0 saturated heterocycles.